The van der Waals surface area contributed by atoms with Crippen LogP contribution < -0.4 is 0 Å². The number of rotatable bonds is 3. The number of nitrogens with zero attached hydrogens (tertiary/aromatic N) is 1. The number of hydrogen-bond acceptors (Lipinski definition) is 3. The lowest BCUT2D eigenvalue weighted by Crippen LogP contribution is -1.92. The van der Waals surface area contributed by atoms with Gasteiger partial charge in [0.15, 0.2) is 0 Å². The molecule has 4 heteroatoms. The highest BCUT2D eigenvalue weighted by Gasteiger charge is 2.16. The van der Waals surface area contributed by atoms with Crippen molar-refractivity contribution in [1.29, 1.82) is 0 Å². The zero-order valence-corrected chi connectivity index (χ0v) is 11.0. The van der Waals surface area contributed by atoms with Crippen molar-refractivity contribution in [3.63, 3.8) is 0 Å². The number of nitro groups is 1. The van der Waals surface area contributed by atoms with Gasteiger partial charge in [0.1, 0.15) is 0 Å². The highest BCUT2D eigenvalue weighted by molar-refractivity contribution is 7.99. The summed E-state index contributed by atoms with van der Waals surface area (Å²) in [4.78, 5) is 12.4. The fourth-order valence-corrected chi connectivity index (χ4v) is 2.62. The SMILES string of the molecule is Cc1ccc(Sc2c(C)cccc2[N+](=O)[O-])cc1. The maximum absolute atomic E-state index is 11.0. The molecule has 3 nitrogen and oxygen atoms in total. The van der Waals surface area contributed by atoms with E-state index >= 15 is 0 Å². The third-order valence-electron chi connectivity index (χ3n) is 2.63. The molecule has 0 saturated carbocycles. The first-order chi connectivity index (χ1) is 8.58. The lowest BCUT2D eigenvalue weighted by atomic mass is 10.2. The van der Waals surface area contributed by atoms with E-state index in [1.807, 2.05) is 44.2 Å². The van der Waals surface area contributed by atoms with Crippen LogP contribution in [-0.2, 0) is 0 Å². The van der Waals surface area contributed by atoms with E-state index in [0.717, 1.165) is 10.5 Å². The van der Waals surface area contributed by atoms with Gasteiger partial charge in [0.25, 0.3) is 5.69 Å². The second-order valence-corrected chi connectivity index (χ2v) is 5.18. The monoisotopic (exact) mass is 259 g/mol. The molecule has 18 heavy (non-hydrogen) atoms. The lowest BCUT2D eigenvalue weighted by Gasteiger charge is -2.06. The molecule has 0 aliphatic heterocycles. The van der Waals surface area contributed by atoms with Crippen molar-refractivity contribution in [2.24, 2.45) is 0 Å². The Kier molecular flexibility index (Phi) is 3.67. The van der Waals surface area contributed by atoms with Crippen molar-refractivity contribution in [2.45, 2.75) is 23.6 Å². The summed E-state index contributed by atoms with van der Waals surface area (Å²) >= 11 is 1.44. The Balaban J connectivity index is 2.39. The van der Waals surface area contributed by atoms with Crippen LogP contribution in [0.25, 0.3) is 0 Å². The molecule has 0 aromatic heterocycles. The van der Waals surface area contributed by atoms with Gasteiger partial charge in [0.2, 0.25) is 0 Å². The summed E-state index contributed by atoms with van der Waals surface area (Å²) < 4.78 is 0. The average molecular weight is 259 g/mol. The zero-order valence-electron chi connectivity index (χ0n) is 10.2. The summed E-state index contributed by atoms with van der Waals surface area (Å²) in [7, 11) is 0. The number of nitro benzene ring substituents is 1. The Labute approximate surface area is 110 Å². The molecule has 0 aliphatic rings. The first-order valence-corrected chi connectivity index (χ1v) is 6.38. The maximum Gasteiger partial charge on any atom is 0.283 e. The molecular formula is C14H13NO2S. The number of hydrogen-bond donors (Lipinski definition) is 0. The van der Waals surface area contributed by atoms with Crippen LogP contribution in [0.4, 0.5) is 5.69 Å². The quantitative estimate of drug-likeness (QED) is 0.607. The van der Waals surface area contributed by atoms with E-state index in [1.54, 1.807) is 12.1 Å². The van der Waals surface area contributed by atoms with E-state index in [1.165, 1.54) is 17.3 Å². The molecule has 0 unspecified atom stereocenters. The van der Waals surface area contributed by atoms with Crippen molar-refractivity contribution >= 4 is 17.4 Å². The Bertz CT molecular complexity index is 579. The topological polar surface area (TPSA) is 43.1 Å². The van der Waals surface area contributed by atoms with E-state index in [0.29, 0.717) is 4.90 Å². The third-order valence-corrected chi connectivity index (χ3v) is 3.87. The second kappa shape index (κ2) is 5.23. The Morgan fingerprint density at radius 1 is 1.06 bits per heavy atom. The van der Waals surface area contributed by atoms with Gasteiger partial charge in [-0.3, -0.25) is 10.1 Å². The highest BCUT2D eigenvalue weighted by atomic mass is 32.2. The van der Waals surface area contributed by atoms with Crippen molar-refractivity contribution in [3.05, 3.63) is 63.7 Å². The smallest absolute Gasteiger partial charge is 0.258 e. The summed E-state index contributed by atoms with van der Waals surface area (Å²) in [5.74, 6) is 0. The van der Waals surface area contributed by atoms with Gasteiger partial charge < -0.3 is 0 Å². The molecule has 0 spiro atoms. The lowest BCUT2D eigenvalue weighted by molar-refractivity contribution is -0.387. The maximum atomic E-state index is 11.0. The zero-order chi connectivity index (χ0) is 13.1. The molecule has 0 saturated heterocycles. The molecule has 0 bridgehead atoms. The summed E-state index contributed by atoms with van der Waals surface area (Å²) in [5.41, 5.74) is 2.27. The normalized spacial score (nSPS) is 10.3. The van der Waals surface area contributed by atoms with Crippen LogP contribution >= 0.6 is 11.8 Å². The fourth-order valence-electron chi connectivity index (χ4n) is 1.64. The second-order valence-electron chi connectivity index (χ2n) is 4.10. The molecule has 0 N–H and O–H groups in total. The van der Waals surface area contributed by atoms with Crippen LogP contribution in [0.5, 0.6) is 0 Å². The van der Waals surface area contributed by atoms with Crippen LogP contribution in [0.1, 0.15) is 11.1 Å². The van der Waals surface area contributed by atoms with Gasteiger partial charge in [-0.25, -0.2) is 0 Å². The Morgan fingerprint density at radius 2 is 1.72 bits per heavy atom. The minimum absolute atomic E-state index is 0.167. The van der Waals surface area contributed by atoms with Crippen LogP contribution in [0.15, 0.2) is 52.3 Å². The molecule has 92 valence electrons. The Morgan fingerprint density at radius 3 is 2.33 bits per heavy atom. The first-order valence-electron chi connectivity index (χ1n) is 5.56. The summed E-state index contributed by atoms with van der Waals surface area (Å²) in [6.45, 7) is 3.91. The minimum atomic E-state index is -0.330. The van der Waals surface area contributed by atoms with Gasteiger partial charge >= 0.3 is 0 Å². The minimum Gasteiger partial charge on any atom is -0.258 e. The van der Waals surface area contributed by atoms with E-state index in [4.69, 9.17) is 0 Å². The predicted molar refractivity (Wildman–Crippen MR) is 73.1 cm³/mol. The van der Waals surface area contributed by atoms with Crippen molar-refractivity contribution in [1.82, 2.24) is 0 Å². The molecule has 2 rings (SSSR count). The number of benzene rings is 2. The molecule has 0 radical (unpaired) electrons. The van der Waals surface area contributed by atoms with E-state index in [-0.39, 0.29) is 10.6 Å². The van der Waals surface area contributed by atoms with Gasteiger partial charge in [0.05, 0.1) is 9.82 Å². The largest absolute Gasteiger partial charge is 0.283 e. The molecule has 0 heterocycles. The molecule has 2 aromatic rings. The molecule has 0 amide bonds. The molecule has 0 atom stereocenters. The van der Waals surface area contributed by atoms with Crippen molar-refractivity contribution < 1.29 is 4.92 Å². The average Bonchev–Trinajstić information content (AvgIpc) is 2.34. The Hall–Kier alpha value is -1.81. The van der Waals surface area contributed by atoms with E-state index in [9.17, 15) is 10.1 Å². The van der Waals surface area contributed by atoms with Crippen LogP contribution in [-0.4, -0.2) is 4.92 Å². The van der Waals surface area contributed by atoms with E-state index < -0.39 is 0 Å². The van der Waals surface area contributed by atoms with Crippen molar-refractivity contribution in [3.8, 4) is 0 Å². The van der Waals surface area contributed by atoms with Crippen LogP contribution in [0.2, 0.25) is 0 Å². The summed E-state index contributed by atoms with van der Waals surface area (Å²) in [6, 6.07) is 13.1. The van der Waals surface area contributed by atoms with Gasteiger partial charge in [-0.15, -0.1) is 0 Å². The van der Waals surface area contributed by atoms with Gasteiger partial charge in [-0.1, -0.05) is 41.6 Å². The molecule has 0 aliphatic carbocycles. The van der Waals surface area contributed by atoms with Crippen LogP contribution in [0, 0.1) is 24.0 Å². The summed E-state index contributed by atoms with van der Waals surface area (Å²) in [6.07, 6.45) is 0. The molecular weight excluding hydrogens is 246 g/mol. The summed E-state index contributed by atoms with van der Waals surface area (Å²) in [5, 5.41) is 11.0. The van der Waals surface area contributed by atoms with Crippen molar-refractivity contribution in [2.75, 3.05) is 0 Å². The van der Waals surface area contributed by atoms with Gasteiger partial charge in [0, 0.05) is 11.0 Å². The third kappa shape index (κ3) is 2.71. The van der Waals surface area contributed by atoms with Gasteiger partial charge in [-0.2, -0.15) is 0 Å². The first kappa shape index (κ1) is 12.6. The van der Waals surface area contributed by atoms with E-state index in [2.05, 4.69) is 0 Å². The predicted octanol–water partition coefficient (Wildman–Crippen LogP) is 4.36. The highest BCUT2D eigenvalue weighted by Crippen LogP contribution is 2.37. The van der Waals surface area contributed by atoms with Crippen LogP contribution in [0.3, 0.4) is 0 Å². The standard InChI is InChI=1S/C14H13NO2S/c1-10-6-8-12(9-7-10)18-14-11(2)4-3-5-13(14)15(16)17/h3-9H,1-2H3. The number of aryl methyl sites for hydroxylation is 2. The van der Waals surface area contributed by atoms with Gasteiger partial charge in [-0.05, 0) is 31.5 Å². The fraction of sp³-hybridized carbons (Fsp3) is 0.143. The molecule has 2 aromatic carbocycles. The molecule has 0 fully saturated rings.